The van der Waals surface area contributed by atoms with Gasteiger partial charge in [0.05, 0.1) is 32.5 Å². The first-order valence-electron chi connectivity index (χ1n) is 6.33. The van der Waals surface area contributed by atoms with Gasteiger partial charge in [-0.15, -0.1) is 0 Å². The summed E-state index contributed by atoms with van der Waals surface area (Å²) < 4.78 is 9.96. The van der Waals surface area contributed by atoms with Crippen molar-refractivity contribution in [1.29, 1.82) is 0 Å². The van der Waals surface area contributed by atoms with E-state index in [-0.39, 0.29) is 25.0 Å². The van der Waals surface area contributed by atoms with E-state index >= 15 is 0 Å². The van der Waals surface area contributed by atoms with E-state index in [4.69, 9.17) is 9.47 Å². The van der Waals surface area contributed by atoms with Gasteiger partial charge in [-0.05, 0) is 26.1 Å². The Labute approximate surface area is 118 Å². The summed E-state index contributed by atoms with van der Waals surface area (Å²) in [5.74, 6) is 0.0234. The van der Waals surface area contributed by atoms with E-state index in [0.29, 0.717) is 18.0 Å². The molecule has 0 fully saturated rings. The van der Waals surface area contributed by atoms with Crippen molar-refractivity contribution in [3.05, 3.63) is 24.3 Å². The molecule has 1 N–H and O–H groups in total. The van der Waals surface area contributed by atoms with Gasteiger partial charge in [-0.1, -0.05) is 12.1 Å². The van der Waals surface area contributed by atoms with Gasteiger partial charge in [0.2, 0.25) is 5.91 Å². The zero-order valence-electron chi connectivity index (χ0n) is 12.0. The Balaban J connectivity index is 2.49. The first-order valence-corrected chi connectivity index (χ1v) is 6.33. The Kier molecular flexibility index (Phi) is 6.52. The Morgan fingerprint density at radius 1 is 1.25 bits per heavy atom. The van der Waals surface area contributed by atoms with Crippen LogP contribution in [0.15, 0.2) is 24.3 Å². The molecule has 6 nitrogen and oxygen atoms in total. The van der Waals surface area contributed by atoms with Crippen LogP contribution in [-0.4, -0.2) is 50.6 Å². The Morgan fingerprint density at radius 2 is 1.95 bits per heavy atom. The highest BCUT2D eigenvalue weighted by Crippen LogP contribution is 2.22. The lowest BCUT2D eigenvalue weighted by molar-refractivity contribution is -0.144. The molecule has 0 radical (unpaired) electrons. The topological polar surface area (TPSA) is 67.9 Å². The van der Waals surface area contributed by atoms with Gasteiger partial charge in [-0.25, -0.2) is 0 Å². The zero-order valence-corrected chi connectivity index (χ0v) is 12.0. The summed E-state index contributed by atoms with van der Waals surface area (Å²) in [4.78, 5) is 24.7. The van der Waals surface area contributed by atoms with Crippen LogP contribution in [0.2, 0.25) is 0 Å². The normalized spacial score (nSPS) is 10.2. The highest BCUT2D eigenvalue weighted by molar-refractivity contribution is 5.93. The first-order chi connectivity index (χ1) is 9.56. The van der Waals surface area contributed by atoms with Crippen molar-refractivity contribution in [1.82, 2.24) is 4.90 Å². The van der Waals surface area contributed by atoms with Crippen LogP contribution in [-0.2, 0) is 14.3 Å². The highest BCUT2D eigenvalue weighted by Gasteiger charge is 2.12. The molecule has 0 aliphatic rings. The van der Waals surface area contributed by atoms with E-state index in [1.807, 2.05) is 6.07 Å². The summed E-state index contributed by atoms with van der Waals surface area (Å²) in [6, 6.07) is 7.14. The number of carbonyl (C=O) groups excluding carboxylic acids is 2. The van der Waals surface area contributed by atoms with Crippen LogP contribution in [0, 0.1) is 0 Å². The zero-order chi connectivity index (χ0) is 15.0. The van der Waals surface area contributed by atoms with E-state index in [0.717, 1.165) is 0 Å². The number of hydrogen-bond donors (Lipinski definition) is 1. The summed E-state index contributed by atoms with van der Waals surface area (Å²) in [7, 11) is 3.22. The Hall–Kier alpha value is -2.08. The fourth-order valence-electron chi connectivity index (χ4n) is 1.67. The molecule has 0 atom stereocenters. The number of likely N-dealkylation sites (N-methyl/N-ethyl adjacent to an activating group) is 1. The molecule has 0 aliphatic carbocycles. The van der Waals surface area contributed by atoms with Gasteiger partial charge in [0.15, 0.2) is 0 Å². The fraction of sp³-hybridized carbons (Fsp3) is 0.429. The maximum atomic E-state index is 11.9. The number of amides is 1. The van der Waals surface area contributed by atoms with Crippen molar-refractivity contribution < 1.29 is 19.1 Å². The molecule has 0 unspecified atom stereocenters. The molecule has 0 aromatic heterocycles. The Bertz CT molecular complexity index is 462. The van der Waals surface area contributed by atoms with E-state index < -0.39 is 0 Å². The smallest absolute Gasteiger partial charge is 0.320 e. The van der Waals surface area contributed by atoms with Crippen LogP contribution >= 0.6 is 0 Å². The predicted molar refractivity (Wildman–Crippen MR) is 75.8 cm³/mol. The van der Waals surface area contributed by atoms with E-state index in [9.17, 15) is 9.59 Å². The number of para-hydroxylation sites is 2. The number of esters is 1. The minimum atomic E-state index is -0.347. The molecule has 0 saturated carbocycles. The van der Waals surface area contributed by atoms with E-state index in [1.54, 1.807) is 37.1 Å². The minimum absolute atomic E-state index is 0.0766. The molecule has 0 bridgehead atoms. The van der Waals surface area contributed by atoms with Gasteiger partial charge in [0.25, 0.3) is 0 Å². The Morgan fingerprint density at radius 3 is 2.60 bits per heavy atom. The summed E-state index contributed by atoms with van der Waals surface area (Å²) in [6.45, 7) is 2.25. The maximum Gasteiger partial charge on any atom is 0.320 e. The molecule has 0 spiro atoms. The number of methoxy groups -OCH3 is 1. The van der Waals surface area contributed by atoms with Crippen LogP contribution in [0.4, 0.5) is 5.69 Å². The molecular formula is C14H20N2O4. The summed E-state index contributed by atoms with van der Waals surface area (Å²) >= 11 is 0. The second-order valence-electron chi connectivity index (χ2n) is 4.23. The third-order valence-corrected chi connectivity index (χ3v) is 2.50. The summed E-state index contributed by atoms with van der Waals surface area (Å²) in [5, 5.41) is 2.74. The molecule has 110 valence electrons. The molecule has 1 aromatic rings. The molecule has 0 aliphatic heterocycles. The van der Waals surface area contributed by atoms with Crippen molar-refractivity contribution in [3.63, 3.8) is 0 Å². The first kappa shape index (κ1) is 16.0. The monoisotopic (exact) mass is 280 g/mol. The third-order valence-electron chi connectivity index (χ3n) is 2.50. The van der Waals surface area contributed by atoms with Gasteiger partial charge in [0.1, 0.15) is 5.75 Å². The number of benzene rings is 1. The quantitative estimate of drug-likeness (QED) is 0.758. The van der Waals surface area contributed by atoms with E-state index in [2.05, 4.69) is 5.32 Å². The second kappa shape index (κ2) is 8.16. The standard InChI is InChI=1S/C14H20N2O4/c1-4-20-14(18)10-16(2)9-13(17)15-11-7-5-6-8-12(11)19-3/h5-8H,4,9-10H2,1-3H3,(H,15,17). The predicted octanol–water partition coefficient (Wildman–Crippen LogP) is 1.13. The molecule has 1 amide bonds. The highest BCUT2D eigenvalue weighted by atomic mass is 16.5. The molecule has 0 heterocycles. The minimum Gasteiger partial charge on any atom is -0.495 e. The number of ether oxygens (including phenoxy) is 2. The van der Waals surface area contributed by atoms with Gasteiger partial charge in [0, 0.05) is 0 Å². The number of carbonyl (C=O) groups is 2. The van der Waals surface area contributed by atoms with Crippen LogP contribution in [0.1, 0.15) is 6.92 Å². The molecule has 20 heavy (non-hydrogen) atoms. The average molecular weight is 280 g/mol. The van der Waals surface area contributed by atoms with Crippen molar-refractivity contribution in [3.8, 4) is 5.75 Å². The SMILES string of the molecule is CCOC(=O)CN(C)CC(=O)Nc1ccccc1OC. The summed E-state index contributed by atoms with van der Waals surface area (Å²) in [5.41, 5.74) is 0.601. The van der Waals surface area contributed by atoms with Gasteiger partial charge in [-0.3, -0.25) is 14.5 Å². The van der Waals surface area contributed by atoms with Gasteiger partial charge in [-0.2, -0.15) is 0 Å². The largest absolute Gasteiger partial charge is 0.495 e. The van der Waals surface area contributed by atoms with Crippen molar-refractivity contribution in [2.24, 2.45) is 0 Å². The van der Waals surface area contributed by atoms with Crippen LogP contribution < -0.4 is 10.1 Å². The summed E-state index contributed by atoms with van der Waals surface area (Å²) in [6.07, 6.45) is 0. The lowest BCUT2D eigenvalue weighted by atomic mass is 10.3. The fourth-order valence-corrected chi connectivity index (χ4v) is 1.67. The van der Waals surface area contributed by atoms with Gasteiger partial charge >= 0.3 is 5.97 Å². The van der Waals surface area contributed by atoms with Crippen molar-refractivity contribution in [2.45, 2.75) is 6.92 Å². The third kappa shape index (κ3) is 5.27. The van der Waals surface area contributed by atoms with Crippen LogP contribution in [0.25, 0.3) is 0 Å². The maximum absolute atomic E-state index is 11.9. The molecule has 1 rings (SSSR count). The van der Waals surface area contributed by atoms with Crippen molar-refractivity contribution in [2.75, 3.05) is 39.2 Å². The van der Waals surface area contributed by atoms with Crippen LogP contribution in [0.5, 0.6) is 5.75 Å². The number of hydrogen-bond acceptors (Lipinski definition) is 5. The second-order valence-corrected chi connectivity index (χ2v) is 4.23. The van der Waals surface area contributed by atoms with Gasteiger partial charge < -0.3 is 14.8 Å². The molecular weight excluding hydrogens is 260 g/mol. The molecule has 0 saturated heterocycles. The lowest BCUT2D eigenvalue weighted by Gasteiger charge is -2.16. The number of anilines is 1. The van der Waals surface area contributed by atoms with E-state index in [1.165, 1.54) is 7.11 Å². The van der Waals surface area contributed by atoms with Crippen molar-refractivity contribution >= 4 is 17.6 Å². The molecule has 6 heteroatoms. The molecule has 1 aromatic carbocycles. The van der Waals surface area contributed by atoms with Crippen LogP contribution in [0.3, 0.4) is 0 Å². The number of rotatable bonds is 7. The number of nitrogens with one attached hydrogen (secondary N) is 1. The lowest BCUT2D eigenvalue weighted by Crippen LogP contribution is -2.34. The average Bonchev–Trinajstić information content (AvgIpc) is 2.39. The number of nitrogens with zero attached hydrogens (tertiary/aromatic N) is 1.